The molecule has 0 heterocycles. The quantitative estimate of drug-likeness (QED) is 0.147. The molecular formula is C28H34O6S2. The minimum Gasteiger partial charge on any atom is -0.488 e. The third-order valence-electron chi connectivity index (χ3n) is 4.91. The number of benzene rings is 2. The molecule has 3 atom stereocenters. The molecular weight excluding hydrogens is 496 g/mol. The van der Waals surface area contributed by atoms with E-state index in [1.54, 1.807) is 18.7 Å². The van der Waals surface area contributed by atoms with E-state index in [9.17, 15) is 9.59 Å². The number of ether oxygens (including phenoxy) is 4. The summed E-state index contributed by atoms with van der Waals surface area (Å²) in [5, 5.41) is 0. The van der Waals surface area contributed by atoms with Crippen LogP contribution in [0.4, 0.5) is 0 Å². The monoisotopic (exact) mass is 530 g/mol. The highest BCUT2D eigenvalue weighted by atomic mass is 32.2. The van der Waals surface area contributed by atoms with Crippen molar-refractivity contribution < 1.29 is 28.5 Å². The SMILES string of the molecule is C=CC(=O)OC(C)C(Oc1ccc(-c2ccc(OCC(C)(OC(=O)C=C)SCC)cc2)cc1)SCC. The van der Waals surface area contributed by atoms with Crippen molar-refractivity contribution >= 4 is 35.5 Å². The van der Waals surface area contributed by atoms with Gasteiger partial charge in [-0.2, -0.15) is 0 Å². The van der Waals surface area contributed by atoms with E-state index in [0.29, 0.717) is 11.5 Å². The van der Waals surface area contributed by atoms with Gasteiger partial charge in [0.1, 0.15) is 24.2 Å². The Morgan fingerprint density at radius 3 is 1.97 bits per heavy atom. The molecule has 0 spiro atoms. The maximum Gasteiger partial charge on any atom is 0.331 e. The molecule has 0 N–H and O–H groups in total. The van der Waals surface area contributed by atoms with Gasteiger partial charge in [-0.15, -0.1) is 23.5 Å². The average Bonchev–Trinajstić information content (AvgIpc) is 2.88. The molecule has 2 aromatic rings. The third-order valence-corrected chi connectivity index (χ3v) is 7.15. The molecule has 0 aliphatic rings. The second-order valence-corrected chi connectivity index (χ2v) is 10.9. The first-order valence-corrected chi connectivity index (χ1v) is 13.7. The van der Waals surface area contributed by atoms with Crippen molar-refractivity contribution in [3.05, 3.63) is 73.8 Å². The second kappa shape index (κ2) is 14.7. The van der Waals surface area contributed by atoms with Gasteiger partial charge in [0.25, 0.3) is 0 Å². The van der Waals surface area contributed by atoms with Crippen LogP contribution in [0.2, 0.25) is 0 Å². The molecule has 0 aromatic heterocycles. The maximum atomic E-state index is 11.7. The Kier molecular flexibility index (Phi) is 12.0. The largest absolute Gasteiger partial charge is 0.488 e. The van der Waals surface area contributed by atoms with E-state index in [4.69, 9.17) is 18.9 Å². The lowest BCUT2D eigenvalue weighted by molar-refractivity contribution is -0.146. The van der Waals surface area contributed by atoms with Crippen molar-refractivity contribution in [2.24, 2.45) is 0 Å². The molecule has 0 aliphatic heterocycles. The fraction of sp³-hybridized carbons (Fsp3) is 0.357. The molecule has 0 saturated heterocycles. The van der Waals surface area contributed by atoms with Gasteiger partial charge in [0.15, 0.2) is 10.4 Å². The fourth-order valence-electron chi connectivity index (χ4n) is 3.19. The molecule has 0 bridgehead atoms. The van der Waals surface area contributed by atoms with E-state index in [1.807, 2.05) is 69.3 Å². The first-order chi connectivity index (χ1) is 17.2. The van der Waals surface area contributed by atoms with Crippen LogP contribution in [0.5, 0.6) is 11.5 Å². The van der Waals surface area contributed by atoms with Crippen molar-refractivity contribution in [1.82, 2.24) is 0 Å². The Bertz CT molecular complexity index is 1010. The summed E-state index contributed by atoms with van der Waals surface area (Å²) >= 11 is 3.06. The Balaban J connectivity index is 2.02. The number of carbonyl (C=O) groups is 2. The van der Waals surface area contributed by atoms with Gasteiger partial charge in [-0.1, -0.05) is 51.3 Å². The van der Waals surface area contributed by atoms with Crippen LogP contribution in [-0.4, -0.2) is 46.5 Å². The van der Waals surface area contributed by atoms with Crippen molar-refractivity contribution in [3.63, 3.8) is 0 Å². The highest BCUT2D eigenvalue weighted by molar-refractivity contribution is 8.00. The first-order valence-electron chi connectivity index (χ1n) is 11.7. The van der Waals surface area contributed by atoms with Gasteiger partial charge in [-0.3, -0.25) is 0 Å². The number of hydrogen-bond acceptors (Lipinski definition) is 8. The molecule has 3 unspecified atom stereocenters. The number of hydrogen-bond donors (Lipinski definition) is 0. The Hall–Kier alpha value is -2.84. The summed E-state index contributed by atoms with van der Waals surface area (Å²) in [7, 11) is 0. The maximum absolute atomic E-state index is 11.7. The number of rotatable bonds is 15. The molecule has 2 rings (SSSR count). The fourth-order valence-corrected chi connectivity index (χ4v) is 4.92. The smallest absolute Gasteiger partial charge is 0.331 e. The summed E-state index contributed by atoms with van der Waals surface area (Å²) in [6.45, 7) is 14.8. The zero-order chi connectivity index (χ0) is 26.6. The first kappa shape index (κ1) is 29.4. The van der Waals surface area contributed by atoms with Crippen molar-refractivity contribution in [2.75, 3.05) is 18.1 Å². The highest BCUT2D eigenvalue weighted by Gasteiger charge is 2.29. The van der Waals surface area contributed by atoms with E-state index in [2.05, 4.69) is 13.2 Å². The summed E-state index contributed by atoms with van der Waals surface area (Å²) in [6.07, 6.45) is 1.88. The van der Waals surface area contributed by atoms with Crippen LogP contribution < -0.4 is 9.47 Å². The lowest BCUT2D eigenvalue weighted by Crippen LogP contribution is -2.34. The molecule has 194 valence electrons. The summed E-state index contributed by atoms with van der Waals surface area (Å²) in [4.78, 5) is 22.4. The molecule has 36 heavy (non-hydrogen) atoms. The third kappa shape index (κ3) is 9.32. The normalized spacial score (nSPS) is 14.0. The topological polar surface area (TPSA) is 71.1 Å². The van der Waals surface area contributed by atoms with Gasteiger partial charge in [0.05, 0.1) is 0 Å². The van der Waals surface area contributed by atoms with Gasteiger partial charge in [-0.05, 0) is 60.7 Å². The van der Waals surface area contributed by atoms with Crippen molar-refractivity contribution in [3.8, 4) is 22.6 Å². The molecule has 0 fully saturated rings. The predicted octanol–water partition coefficient (Wildman–Crippen LogP) is 6.51. The number of thioether (sulfide) groups is 2. The van der Waals surface area contributed by atoms with Crippen molar-refractivity contribution in [1.29, 1.82) is 0 Å². The molecule has 0 aliphatic carbocycles. The Labute approximate surface area is 222 Å². The van der Waals surface area contributed by atoms with E-state index >= 15 is 0 Å². The van der Waals surface area contributed by atoms with Crippen LogP contribution in [0.25, 0.3) is 11.1 Å². The van der Waals surface area contributed by atoms with Gasteiger partial charge in [0.2, 0.25) is 0 Å². The molecule has 0 saturated carbocycles. The molecule has 2 aromatic carbocycles. The second-order valence-electron chi connectivity index (χ2n) is 7.82. The van der Waals surface area contributed by atoms with Crippen LogP contribution in [0.3, 0.4) is 0 Å². The number of carbonyl (C=O) groups excluding carboxylic acids is 2. The summed E-state index contributed by atoms with van der Waals surface area (Å²) in [6, 6.07) is 15.5. The van der Waals surface area contributed by atoms with E-state index in [-0.39, 0.29) is 12.0 Å². The van der Waals surface area contributed by atoms with Crippen LogP contribution in [-0.2, 0) is 19.1 Å². The molecule has 0 radical (unpaired) electrons. The van der Waals surface area contributed by atoms with Gasteiger partial charge >= 0.3 is 11.9 Å². The van der Waals surface area contributed by atoms with Crippen LogP contribution in [0.1, 0.15) is 27.7 Å². The van der Waals surface area contributed by atoms with Crippen LogP contribution in [0.15, 0.2) is 73.8 Å². The zero-order valence-electron chi connectivity index (χ0n) is 21.2. The summed E-state index contributed by atoms with van der Waals surface area (Å²) in [5.74, 6) is 2.02. The minimum atomic E-state index is -0.802. The van der Waals surface area contributed by atoms with Crippen LogP contribution >= 0.6 is 23.5 Å². The molecule has 0 amide bonds. The Morgan fingerprint density at radius 2 is 1.47 bits per heavy atom. The zero-order valence-corrected chi connectivity index (χ0v) is 22.9. The molecule has 6 nitrogen and oxygen atoms in total. The Morgan fingerprint density at radius 1 is 0.917 bits per heavy atom. The van der Waals surface area contributed by atoms with E-state index in [1.165, 1.54) is 11.8 Å². The average molecular weight is 531 g/mol. The standard InChI is InChI=1S/C28H34O6S2/c1-7-25(29)32-20(5)27(35-9-3)33-24-17-13-22(14-18-24)21-11-15-23(16-12-21)31-19-28(6,36-10-4)34-26(30)8-2/h7-8,11-18,20,27H,1-2,9-10,19H2,3-6H3. The molecule has 8 heteroatoms. The van der Waals surface area contributed by atoms with E-state index in [0.717, 1.165) is 34.8 Å². The van der Waals surface area contributed by atoms with Crippen LogP contribution in [0, 0.1) is 0 Å². The highest BCUT2D eigenvalue weighted by Crippen LogP contribution is 2.30. The van der Waals surface area contributed by atoms with Gasteiger partial charge in [-0.25, -0.2) is 9.59 Å². The minimum absolute atomic E-state index is 0.216. The van der Waals surface area contributed by atoms with Gasteiger partial charge < -0.3 is 18.9 Å². The van der Waals surface area contributed by atoms with Crippen molar-refractivity contribution in [2.45, 2.75) is 44.2 Å². The lowest BCUT2D eigenvalue weighted by Gasteiger charge is -2.28. The number of esters is 2. The van der Waals surface area contributed by atoms with Gasteiger partial charge in [0, 0.05) is 12.2 Å². The summed E-state index contributed by atoms with van der Waals surface area (Å²) in [5.41, 5.74) is 1.71. The summed E-state index contributed by atoms with van der Waals surface area (Å²) < 4.78 is 22.8. The predicted molar refractivity (Wildman–Crippen MR) is 148 cm³/mol. The lowest BCUT2D eigenvalue weighted by atomic mass is 10.1. The van der Waals surface area contributed by atoms with E-state index < -0.39 is 23.0 Å².